The van der Waals surface area contributed by atoms with Crippen LogP contribution in [0.3, 0.4) is 0 Å². The zero-order valence-electron chi connectivity index (χ0n) is 23.9. The Morgan fingerprint density at radius 3 is 2.78 bits per heavy atom. The number of ether oxygens (including phenoxy) is 2. The second kappa shape index (κ2) is 12.7. The van der Waals surface area contributed by atoms with Crippen LogP contribution in [0.1, 0.15) is 60.1 Å². The molecule has 0 aliphatic carbocycles. The van der Waals surface area contributed by atoms with Gasteiger partial charge in [-0.25, -0.2) is 0 Å². The molecule has 2 aromatic rings. The van der Waals surface area contributed by atoms with E-state index >= 15 is 0 Å². The third kappa shape index (κ3) is 6.05. The number of fused-ring (bicyclic) bond motifs is 1. The lowest BCUT2D eigenvalue weighted by Crippen LogP contribution is -2.55. The molecule has 2 fully saturated rings. The first kappa shape index (κ1) is 28.6. The molecule has 1 aromatic carbocycles. The molecule has 10 nitrogen and oxygen atoms in total. The van der Waals surface area contributed by atoms with E-state index in [2.05, 4.69) is 47.5 Å². The number of amides is 1. The average Bonchev–Trinajstić information content (AvgIpc) is 3.56. The van der Waals surface area contributed by atoms with Gasteiger partial charge in [0, 0.05) is 42.7 Å². The van der Waals surface area contributed by atoms with Gasteiger partial charge in [-0.1, -0.05) is 31.7 Å². The average molecular weight is 559 g/mol. The van der Waals surface area contributed by atoms with Crippen LogP contribution in [0.4, 0.5) is 5.82 Å². The van der Waals surface area contributed by atoms with Crippen LogP contribution in [0.25, 0.3) is 0 Å². The molecule has 4 atom stereocenters. The van der Waals surface area contributed by atoms with Crippen molar-refractivity contribution >= 4 is 18.0 Å². The Balaban J connectivity index is 1.42. The molecule has 0 spiro atoms. The van der Waals surface area contributed by atoms with Crippen molar-refractivity contribution in [3.8, 4) is 17.8 Å². The molecule has 41 heavy (non-hydrogen) atoms. The summed E-state index contributed by atoms with van der Waals surface area (Å²) in [5.41, 5.74) is 2.22. The minimum atomic E-state index is -0.328. The monoisotopic (exact) mass is 558 g/mol. The Morgan fingerprint density at radius 2 is 2.07 bits per heavy atom. The van der Waals surface area contributed by atoms with E-state index in [0.717, 1.165) is 37.0 Å². The van der Waals surface area contributed by atoms with Gasteiger partial charge < -0.3 is 24.2 Å². The van der Waals surface area contributed by atoms with E-state index in [1.165, 1.54) is 11.6 Å². The summed E-state index contributed by atoms with van der Waals surface area (Å²) < 4.78 is 12.3. The summed E-state index contributed by atoms with van der Waals surface area (Å²) >= 11 is 0. The van der Waals surface area contributed by atoms with Gasteiger partial charge in [0.05, 0.1) is 18.5 Å². The summed E-state index contributed by atoms with van der Waals surface area (Å²) in [5, 5.41) is 9.49. The van der Waals surface area contributed by atoms with Crippen molar-refractivity contribution in [1.29, 1.82) is 5.26 Å². The molecule has 0 N–H and O–H groups in total. The number of carbonyl (C=O) groups is 2. The minimum absolute atomic E-state index is 0.0398. The predicted octanol–water partition coefficient (Wildman–Crippen LogP) is 3.38. The number of anilines is 1. The largest absolute Gasteiger partial charge is 0.489 e. The molecule has 0 saturated carbocycles. The molecule has 3 aliphatic heterocycles. The third-order valence-corrected chi connectivity index (χ3v) is 8.68. The zero-order valence-corrected chi connectivity index (χ0v) is 23.9. The summed E-state index contributed by atoms with van der Waals surface area (Å²) in [4.78, 5) is 40.3. The number of carbonyl (C=O) groups excluding carboxylic acids is 2. The Bertz CT molecular complexity index is 1330. The number of para-hydroxylation sites is 1. The number of nitriles is 1. The fourth-order valence-corrected chi connectivity index (χ4v) is 6.25. The maximum Gasteiger partial charge on any atom is 0.319 e. The van der Waals surface area contributed by atoms with Gasteiger partial charge in [-0.2, -0.15) is 15.2 Å². The number of likely N-dealkylation sites (tertiary alicyclic amines) is 1. The molecule has 10 heteroatoms. The van der Waals surface area contributed by atoms with Crippen LogP contribution in [0, 0.1) is 11.3 Å². The first-order valence-corrected chi connectivity index (χ1v) is 14.4. The van der Waals surface area contributed by atoms with Gasteiger partial charge >= 0.3 is 6.01 Å². The molecule has 4 heterocycles. The van der Waals surface area contributed by atoms with Gasteiger partial charge in [-0.15, -0.1) is 0 Å². The third-order valence-electron chi connectivity index (χ3n) is 8.68. The fraction of sp³-hybridized carbons (Fsp3) is 0.516. The normalized spacial score (nSPS) is 23.9. The van der Waals surface area contributed by atoms with E-state index in [-0.39, 0.29) is 42.4 Å². The first-order chi connectivity index (χ1) is 19.9. The van der Waals surface area contributed by atoms with Gasteiger partial charge in [0.15, 0.2) is 6.29 Å². The van der Waals surface area contributed by atoms with Gasteiger partial charge in [0.25, 0.3) is 0 Å². The Hall–Kier alpha value is -3.97. The maximum atomic E-state index is 12.5. The van der Waals surface area contributed by atoms with E-state index in [0.29, 0.717) is 50.6 Å². The molecule has 3 unspecified atom stereocenters. The number of piperazine rings is 1. The summed E-state index contributed by atoms with van der Waals surface area (Å²) in [6, 6.07) is 10.4. The maximum absolute atomic E-state index is 12.5. The number of hydrogen-bond donors (Lipinski definition) is 0. The highest BCUT2D eigenvalue weighted by Crippen LogP contribution is 2.40. The van der Waals surface area contributed by atoms with Crippen molar-refractivity contribution in [3.63, 3.8) is 0 Å². The Morgan fingerprint density at radius 1 is 1.24 bits per heavy atom. The summed E-state index contributed by atoms with van der Waals surface area (Å²) in [5.74, 6) is 1.54. The number of aromatic nitrogens is 2. The van der Waals surface area contributed by atoms with Gasteiger partial charge in [0.2, 0.25) is 5.91 Å². The second-order valence-electron chi connectivity index (χ2n) is 11.1. The summed E-state index contributed by atoms with van der Waals surface area (Å²) in [6.07, 6.45) is 5.57. The molecular weight excluding hydrogens is 520 g/mol. The van der Waals surface area contributed by atoms with Gasteiger partial charge in [-0.3, -0.25) is 9.59 Å². The molecule has 2 saturated heterocycles. The first-order valence-electron chi connectivity index (χ1n) is 14.4. The number of benzene rings is 1. The summed E-state index contributed by atoms with van der Waals surface area (Å²) in [6.45, 7) is 8.56. The summed E-state index contributed by atoms with van der Waals surface area (Å²) in [7, 11) is 2.08. The fourth-order valence-electron chi connectivity index (χ4n) is 6.25. The van der Waals surface area contributed by atoms with Crippen molar-refractivity contribution in [2.45, 2.75) is 63.1 Å². The van der Waals surface area contributed by atoms with Crippen molar-refractivity contribution in [3.05, 3.63) is 53.7 Å². The molecule has 1 aromatic heterocycles. The van der Waals surface area contributed by atoms with E-state index in [4.69, 9.17) is 14.5 Å². The Labute approximate surface area is 241 Å². The number of hydrogen-bond acceptors (Lipinski definition) is 9. The van der Waals surface area contributed by atoms with E-state index in [1.54, 1.807) is 4.90 Å². The molecular formula is C31H38N6O4. The number of likely N-dealkylation sites (N-methyl/N-ethyl adjacent to an activating group) is 1. The zero-order chi connectivity index (χ0) is 28.9. The lowest BCUT2D eigenvalue weighted by molar-refractivity contribution is -0.128. The SMILES string of the molecule is C=CC(=O)N1CCN(c2nc(OCC3CCCN3C)nc(C=O)c2CC[C@@H]2Oc3ccccc3C2C)CC1CC#N. The van der Waals surface area contributed by atoms with Gasteiger partial charge in [-0.05, 0) is 51.4 Å². The lowest BCUT2D eigenvalue weighted by Gasteiger charge is -2.41. The molecule has 0 bridgehead atoms. The van der Waals surface area contributed by atoms with Crippen molar-refractivity contribution in [2.24, 2.45) is 0 Å². The van der Waals surface area contributed by atoms with E-state index in [1.807, 2.05) is 18.2 Å². The van der Waals surface area contributed by atoms with Crippen LogP contribution in [0.15, 0.2) is 36.9 Å². The molecule has 216 valence electrons. The quantitative estimate of drug-likeness (QED) is 0.320. The van der Waals surface area contributed by atoms with Crippen LogP contribution in [-0.2, 0) is 11.2 Å². The van der Waals surface area contributed by atoms with Crippen molar-refractivity contribution in [2.75, 3.05) is 44.7 Å². The highest BCUT2D eigenvalue weighted by molar-refractivity contribution is 5.87. The number of nitrogens with zero attached hydrogens (tertiary/aromatic N) is 6. The molecule has 5 rings (SSSR count). The highest BCUT2D eigenvalue weighted by atomic mass is 16.5. The standard InChI is InChI=1S/C31H38N6O4/c1-4-29(39)37-17-16-36(18-22(37)13-14-32)30-25(11-12-27-21(2)24-9-5-6-10-28(24)41-27)26(19-38)33-31(34-30)40-20-23-8-7-15-35(23)3/h4-6,9-10,19,21-23,27H,1,7-8,11-13,15-18,20H2,2-3H3/t21?,22?,23?,27-/m0/s1. The van der Waals surface area contributed by atoms with E-state index < -0.39 is 0 Å². The van der Waals surface area contributed by atoms with Crippen LogP contribution in [-0.4, -0.2) is 90.0 Å². The van der Waals surface area contributed by atoms with Crippen molar-refractivity contribution in [1.82, 2.24) is 19.8 Å². The topological polar surface area (TPSA) is 112 Å². The van der Waals surface area contributed by atoms with E-state index in [9.17, 15) is 14.9 Å². The predicted molar refractivity (Wildman–Crippen MR) is 154 cm³/mol. The van der Waals surface area contributed by atoms with Crippen LogP contribution >= 0.6 is 0 Å². The van der Waals surface area contributed by atoms with Crippen molar-refractivity contribution < 1.29 is 19.1 Å². The van der Waals surface area contributed by atoms with Crippen LogP contribution < -0.4 is 14.4 Å². The minimum Gasteiger partial charge on any atom is -0.489 e. The van der Waals surface area contributed by atoms with Gasteiger partial charge in [0.1, 0.15) is 30.0 Å². The lowest BCUT2D eigenvalue weighted by atomic mass is 9.93. The molecule has 0 radical (unpaired) electrons. The number of rotatable bonds is 10. The number of aldehydes is 1. The smallest absolute Gasteiger partial charge is 0.319 e. The highest BCUT2D eigenvalue weighted by Gasteiger charge is 2.34. The molecule has 1 amide bonds. The van der Waals surface area contributed by atoms with Crippen LogP contribution in [0.2, 0.25) is 0 Å². The Kier molecular flexibility index (Phi) is 8.84. The molecule has 3 aliphatic rings. The second-order valence-corrected chi connectivity index (χ2v) is 11.1. The van der Waals surface area contributed by atoms with Crippen LogP contribution in [0.5, 0.6) is 11.8 Å².